The predicted molar refractivity (Wildman–Crippen MR) is 64.8 cm³/mol. The Morgan fingerprint density at radius 2 is 1.69 bits per heavy atom. The molecule has 13 heavy (non-hydrogen) atoms. The van der Waals surface area contributed by atoms with Crippen LogP contribution >= 0.6 is 11.6 Å². The molecule has 0 spiro atoms. The van der Waals surface area contributed by atoms with E-state index in [4.69, 9.17) is 16.7 Å². The van der Waals surface area contributed by atoms with Gasteiger partial charge in [0.15, 0.2) is 0 Å². The first-order chi connectivity index (χ1) is 5.76. The number of aliphatic hydroxyl groups is 1. The molecule has 0 aromatic heterocycles. The van der Waals surface area contributed by atoms with Crippen molar-refractivity contribution in [1.29, 1.82) is 0 Å². The molecule has 0 aliphatic rings. The van der Waals surface area contributed by atoms with E-state index in [1.54, 1.807) is 6.92 Å². The Hall–Kier alpha value is 1.02. The molecule has 0 radical (unpaired) electrons. The van der Waals surface area contributed by atoms with Gasteiger partial charge in [0.05, 0.1) is 0 Å². The molecule has 1 unspecified atom stereocenters. The number of halogens is 1. The van der Waals surface area contributed by atoms with Crippen LogP contribution in [0.25, 0.3) is 0 Å². The largest absolute Gasteiger partial charge is 2.00 e. The number of aliphatic hydroxyl groups excluding tert-OH is 1. The fraction of sp³-hybridized carbons (Fsp3) is 1.00. The first kappa shape index (κ1) is 19.6. The molecule has 1 atom stereocenters. The van der Waals surface area contributed by atoms with Crippen molar-refractivity contribution < 1.29 is 7.96 Å². The Kier molecular flexibility index (Phi) is 28.2. The molecule has 0 bridgehead atoms. The zero-order valence-corrected chi connectivity index (χ0v) is 11.5. The summed E-state index contributed by atoms with van der Waals surface area (Å²) in [6, 6.07) is 0. The van der Waals surface area contributed by atoms with Gasteiger partial charge in [0.1, 0.15) is 0 Å². The Labute approximate surface area is 107 Å². The van der Waals surface area contributed by atoms with Crippen LogP contribution in [0.5, 0.6) is 0 Å². The minimum atomic E-state index is 0. The molecule has 1 N–H and O–H groups in total. The van der Waals surface area contributed by atoms with Crippen LogP contribution < -0.4 is 0 Å². The maximum atomic E-state index is 7.57. The Morgan fingerprint density at radius 3 is 1.92 bits per heavy atom. The Bertz CT molecular complexity index is 74.4. The van der Waals surface area contributed by atoms with Crippen molar-refractivity contribution in [3.05, 3.63) is 0 Å². The van der Waals surface area contributed by atoms with Crippen LogP contribution in [0.1, 0.15) is 49.3 Å². The first-order valence-corrected chi connectivity index (χ1v) is 5.46. The van der Waals surface area contributed by atoms with E-state index in [9.17, 15) is 0 Å². The summed E-state index contributed by atoms with van der Waals surface area (Å²) in [6.07, 6.45) is 5.14. The van der Waals surface area contributed by atoms with E-state index in [0.29, 0.717) is 0 Å². The van der Waals surface area contributed by atoms with Crippen molar-refractivity contribution in [3.8, 4) is 0 Å². The molecule has 0 aromatic rings. The summed E-state index contributed by atoms with van der Waals surface area (Å²) < 4.78 is 0. The standard InChI is InChI=1S/C8H17Cl.C2H6O.Mg.2H/c1-3-5-8(4-2)6-7-9;1-2-3;;;/h8H,3-7H2,1-2H3;3H,2H2,1H3;;;/q;;+2;2*-1. The summed E-state index contributed by atoms with van der Waals surface area (Å²) >= 11 is 5.61. The maximum absolute atomic E-state index is 7.57. The normalized spacial score (nSPS) is 10.8. The molecule has 80 valence electrons. The van der Waals surface area contributed by atoms with E-state index < -0.39 is 0 Å². The molecule has 0 heterocycles. The number of hydrogen-bond donors (Lipinski definition) is 1. The van der Waals surface area contributed by atoms with Gasteiger partial charge in [0.2, 0.25) is 0 Å². The van der Waals surface area contributed by atoms with E-state index in [0.717, 1.165) is 11.8 Å². The average molecular weight is 221 g/mol. The van der Waals surface area contributed by atoms with Gasteiger partial charge in [-0.15, -0.1) is 11.6 Å². The molecule has 3 heteroatoms. The summed E-state index contributed by atoms with van der Waals surface area (Å²) in [6.45, 7) is 6.41. The van der Waals surface area contributed by atoms with Gasteiger partial charge in [-0.2, -0.15) is 0 Å². The molecule has 0 aromatic carbocycles. The van der Waals surface area contributed by atoms with E-state index in [1.807, 2.05) is 0 Å². The molecule has 0 aliphatic carbocycles. The van der Waals surface area contributed by atoms with Gasteiger partial charge in [-0.25, -0.2) is 0 Å². The van der Waals surface area contributed by atoms with Gasteiger partial charge in [-0.1, -0.05) is 33.1 Å². The third-order valence-corrected chi connectivity index (χ3v) is 2.01. The van der Waals surface area contributed by atoms with Crippen LogP contribution in [0.15, 0.2) is 0 Å². The Morgan fingerprint density at radius 1 is 1.23 bits per heavy atom. The number of rotatable bonds is 5. The third-order valence-electron chi connectivity index (χ3n) is 1.79. The number of hydrogen-bond acceptors (Lipinski definition) is 1. The van der Waals surface area contributed by atoms with E-state index in [2.05, 4.69) is 13.8 Å². The van der Waals surface area contributed by atoms with Crippen LogP contribution in [0.4, 0.5) is 0 Å². The van der Waals surface area contributed by atoms with Crippen LogP contribution in [0.2, 0.25) is 0 Å². The molecule has 0 aliphatic heterocycles. The van der Waals surface area contributed by atoms with Crippen molar-refractivity contribution in [3.63, 3.8) is 0 Å². The summed E-state index contributed by atoms with van der Waals surface area (Å²) in [5.74, 6) is 1.71. The maximum Gasteiger partial charge on any atom is 2.00 e. The molecule has 1 nitrogen and oxygen atoms in total. The Balaban J connectivity index is -0.0000000500. The van der Waals surface area contributed by atoms with Gasteiger partial charge < -0.3 is 7.96 Å². The van der Waals surface area contributed by atoms with Crippen molar-refractivity contribution in [2.24, 2.45) is 5.92 Å². The van der Waals surface area contributed by atoms with Gasteiger partial charge in [-0.05, 0) is 19.3 Å². The number of alkyl halides is 1. The van der Waals surface area contributed by atoms with Gasteiger partial charge >= 0.3 is 23.1 Å². The second-order valence-electron chi connectivity index (χ2n) is 2.86. The zero-order chi connectivity index (χ0) is 9.82. The second-order valence-corrected chi connectivity index (χ2v) is 3.23. The summed E-state index contributed by atoms with van der Waals surface area (Å²) in [5, 5.41) is 7.57. The van der Waals surface area contributed by atoms with Crippen molar-refractivity contribution in [2.45, 2.75) is 46.5 Å². The summed E-state index contributed by atoms with van der Waals surface area (Å²) in [4.78, 5) is 0. The zero-order valence-electron chi connectivity index (χ0n) is 11.4. The fourth-order valence-corrected chi connectivity index (χ4v) is 1.42. The third kappa shape index (κ3) is 19.4. The molecule has 0 fully saturated rings. The van der Waals surface area contributed by atoms with Gasteiger partial charge in [0, 0.05) is 12.5 Å². The van der Waals surface area contributed by atoms with Gasteiger partial charge in [0.25, 0.3) is 0 Å². The molecule has 0 saturated carbocycles. The van der Waals surface area contributed by atoms with Crippen molar-refractivity contribution >= 4 is 34.7 Å². The quantitative estimate of drug-likeness (QED) is 0.557. The van der Waals surface area contributed by atoms with Crippen LogP contribution in [-0.2, 0) is 0 Å². The molecular formula is C10H25ClMgO. The molecular weight excluding hydrogens is 196 g/mol. The van der Waals surface area contributed by atoms with Crippen molar-refractivity contribution in [2.75, 3.05) is 12.5 Å². The summed E-state index contributed by atoms with van der Waals surface area (Å²) in [7, 11) is 0. The van der Waals surface area contributed by atoms with E-state index in [-0.39, 0.29) is 32.5 Å². The van der Waals surface area contributed by atoms with Crippen LogP contribution in [0.3, 0.4) is 0 Å². The molecule has 0 amide bonds. The van der Waals surface area contributed by atoms with E-state index in [1.165, 1.54) is 25.7 Å². The molecule has 0 rings (SSSR count). The monoisotopic (exact) mass is 220 g/mol. The van der Waals surface area contributed by atoms with Crippen LogP contribution in [-0.4, -0.2) is 40.6 Å². The van der Waals surface area contributed by atoms with Gasteiger partial charge in [-0.3, -0.25) is 0 Å². The topological polar surface area (TPSA) is 20.2 Å². The predicted octanol–water partition coefficient (Wildman–Crippen LogP) is 3.28. The summed E-state index contributed by atoms with van der Waals surface area (Å²) in [5.41, 5.74) is 0. The fourth-order valence-electron chi connectivity index (χ4n) is 1.12. The smallest absolute Gasteiger partial charge is 1.00 e. The van der Waals surface area contributed by atoms with Crippen LogP contribution in [0, 0.1) is 5.92 Å². The minimum absolute atomic E-state index is 0. The van der Waals surface area contributed by atoms with E-state index >= 15 is 0 Å². The second kappa shape index (κ2) is 18.7. The average Bonchev–Trinajstić information content (AvgIpc) is 2.05. The van der Waals surface area contributed by atoms with Crippen molar-refractivity contribution in [1.82, 2.24) is 0 Å². The first-order valence-electron chi connectivity index (χ1n) is 4.93. The SMILES string of the molecule is CCCC(CC)CCCl.CCO.[H-].[H-].[Mg+2]. The molecule has 0 saturated heterocycles. The minimum Gasteiger partial charge on any atom is -1.00 e.